The molecule has 0 amide bonds. The van der Waals surface area contributed by atoms with E-state index in [4.69, 9.17) is 4.74 Å². The smallest absolute Gasteiger partial charge is 0.274 e. The number of fused-ring (bicyclic) bond motifs is 3. The predicted octanol–water partition coefficient (Wildman–Crippen LogP) is 6.09. The van der Waals surface area contributed by atoms with Crippen molar-refractivity contribution in [3.8, 4) is 5.75 Å². The lowest BCUT2D eigenvalue weighted by atomic mass is 10.1. The molecule has 0 spiro atoms. The van der Waals surface area contributed by atoms with E-state index in [1.165, 1.54) is 23.5 Å². The molecular weight excluding hydrogens is 598 g/mol. The number of non-ortho nitro benzene ring substituents is 1. The molecule has 3 aromatic carbocycles. The zero-order valence-corrected chi connectivity index (χ0v) is 22.5. The fourth-order valence-electron chi connectivity index (χ4n) is 3.79. The molecule has 0 radical (unpaired) electrons. The molecule has 0 atom stereocenters. The fourth-order valence-corrected chi connectivity index (χ4v) is 6.22. The highest BCUT2D eigenvalue weighted by Crippen LogP contribution is 2.35. The summed E-state index contributed by atoms with van der Waals surface area (Å²) in [5, 5.41) is 11.0. The summed E-state index contributed by atoms with van der Waals surface area (Å²) in [6.07, 6.45) is 1.83. The Morgan fingerprint density at radius 2 is 1.83 bits per heavy atom. The summed E-state index contributed by atoms with van der Waals surface area (Å²) in [4.78, 5) is 29.1. The first-order valence-electron chi connectivity index (χ1n) is 10.5. The van der Waals surface area contributed by atoms with E-state index in [-0.39, 0.29) is 17.9 Å². The summed E-state index contributed by atoms with van der Waals surface area (Å²) in [5.74, 6) is 0.564. The maximum atomic E-state index is 13.2. The van der Waals surface area contributed by atoms with Gasteiger partial charge in [-0.1, -0.05) is 23.5 Å². The van der Waals surface area contributed by atoms with Crippen LogP contribution in [-0.2, 0) is 6.61 Å². The van der Waals surface area contributed by atoms with Crippen LogP contribution in [0.25, 0.3) is 22.1 Å². The lowest BCUT2D eigenvalue weighted by molar-refractivity contribution is -0.384. The molecule has 176 valence electrons. The van der Waals surface area contributed by atoms with Gasteiger partial charge in [-0.2, -0.15) is 0 Å². The van der Waals surface area contributed by atoms with Gasteiger partial charge in [0.15, 0.2) is 4.96 Å². The number of aromatic nitrogens is 2. The molecule has 0 bridgehead atoms. The van der Waals surface area contributed by atoms with Crippen molar-refractivity contribution in [3.05, 3.63) is 105 Å². The molecule has 2 heterocycles. The van der Waals surface area contributed by atoms with Crippen LogP contribution in [0.4, 0.5) is 5.69 Å². The summed E-state index contributed by atoms with van der Waals surface area (Å²) < 4.78 is 9.54. The Labute approximate surface area is 220 Å². The van der Waals surface area contributed by atoms with Gasteiger partial charge in [-0.3, -0.25) is 14.9 Å². The Bertz CT molecular complexity index is 1740. The highest BCUT2D eigenvalue weighted by atomic mass is 79.9. The van der Waals surface area contributed by atoms with E-state index in [1.54, 1.807) is 16.5 Å². The standard InChI is InChI=1S/C25H17Br2N3O4S/c1-13-6-20-21(7-14(13)2)29-24(31)22(35-25(29)28-20)11-16-9-18(26)23(19(27)10-16)34-12-15-4-3-5-17(8-15)30(32)33/h3-11H,12H2,1-2H3/b22-11-. The first-order chi connectivity index (χ1) is 16.7. The number of hydrogen-bond donors (Lipinski definition) is 0. The third-order valence-corrected chi connectivity index (χ3v) is 7.82. The van der Waals surface area contributed by atoms with Gasteiger partial charge < -0.3 is 4.74 Å². The van der Waals surface area contributed by atoms with Crippen LogP contribution in [0.2, 0.25) is 0 Å². The van der Waals surface area contributed by atoms with E-state index >= 15 is 0 Å². The van der Waals surface area contributed by atoms with Gasteiger partial charge in [0.25, 0.3) is 11.2 Å². The lowest BCUT2D eigenvalue weighted by Gasteiger charge is -2.11. The van der Waals surface area contributed by atoms with Gasteiger partial charge in [0.1, 0.15) is 12.4 Å². The summed E-state index contributed by atoms with van der Waals surface area (Å²) in [6.45, 7) is 4.23. The van der Waals surface area contributed by atoms with Crippen LogP contribution in [0, 0.1) is 24.0 Å². The molecule has 0 aliphatic carbocycles. The minimum Gasteiger partial charge on any atom is -0.487 e. The first-order valence-corrected chi connectivity index (χ1v) is 12.9. The van der Waals surface area contributed by atoms with Gasteiger partial charge in [0, 0.05) is 12.1 Å². The number of halogens is 2. The Kier molecular flexibility index (Phi) is 6.20. The average Bonchev–Trinajstić information content (AvgIpc) is 3.29. The van der Waals surface area contributed by atoms with E-state index in [9.17, 15) is 14.9 Å². The minimum absolute atomic E-state index is 0.0166. The van der Waals surface area contributed by atoms with Gasteiger partial charge in [0.05, 0.1) is 29.4 Å². The Morgan fingerprint density at radius 3 is 2.54 bits per heavy atom. The molecule has 0 unspecified atom stereocenters. The molecule has 5 rings (SSSR count). The van der Waals surface area contributed by atoms with Crippen molar-refractivity contribution in [2.24, 2.45) is 0 Å². The maximum Gasteiger partial charge on any atom is 0.274 e. The van der Waals surface area contributed by atoms with Crippen LogP contribution >= 0.6 is 43.2 Å². The molecule has 0 N–H and O–H groups in total. The Hall–Kier alpha value is -3.08. The van der Waals surface area contributed by atoms with E-state index in [0.29, 0.717) is 29.8 Å². The van der Waals surface area contributed by atoms with E-state index in [0.717, 1.165) is 27.7 Å². The van der Waals surface area contributed by atoms with E-state index in [1.807, 2.05) is 44.2 Å². The molecule has 0 aliphatic rings. The largest absolute Gasteiger partial charge is 0.487 e. The SMILES string of the molecule is Cc1cc2nc3s/c(=C\c4cc(Br)c(OCc5cccc([N+](=O)[O-])c5)c(Br)c4)c(=O)n3c2cc1C. The van der Waals surface area contributed by atoms with Gasteiger partial charge in [0.2, 0.25) is 0 Å². The second-order valence-corrected chi connectivity index (χ2v) is 10.8. The summed E-state index contributed by atoms with van der Waals surface area (Å²) in [7, 11) is 0. The number of ether oxygens (including phenoxy) is 1. The molecule has 0 fully saturated rings. The number of hydrogen-bond acceptors (Lipinski definition) is 6. The van der Waals surface area contributed by atoms with Gasteiger partial charge >= 0.3 is 0 Å². The van der Waals surface area contributed by atoms with Crippen LogP contribution in [-0.4, -0.2) is 14.3 Å². The number of rotatable bonds is 5. The average molecular weight is 615 g/mol. The van der Waals surface area contributed by atoms with Crippen molar-refractivity contribution in [2.75, 3.05) is 0 Å². The monoisotopic (exact) mass is 613 g/mol. The molecule has 2 aromatic heterocycles. The Balaban J connectivity index is 1.47. The minimum atomic E-state index is -0.433. The fraction of sp³-hybridized carbons (Fsp3) is 0.120. The van der Waals surface area contributed by atoms with Crippen molar-refractivity contribution in [2.45, 2.75) is 20.5 Å². The number of imidazole rings is 1. The van der Waals surface area contributed by atoms with Gasteiger partial charge in [-0.25, -0.2) is 9.38 Å². The zero-order chi connectivity index (χ0) is 24.9. The number of thiazole rings is 1. The van der Waals surface area contributed by atoms with Gasteiger partial charge in [-0.15, -0.1) is 0 Å². The first kappa shape index (κ1) is 23.7. The van der Waals surface area contributed by atoms with Crippen LogP contribution in [0.5, 0.6) is 5.75 Å². The third kappa shape index (κ3) is 4.49. The second kappa shape index (κ2) is 9.18. The molecule has 0 aliphatic heterocycles. The molecule has 5 aromatic rings. The topological polar surface area (TPSA) is 86.7 Å². The van der Waals surface area contributed by atoms with Gasteiger partial charge in [-0.05, 0) is 98.3 Å². The van der Waals surface area contributed by atoms with E-state index in [2.05, 4.69) is 36.8 Å². The predicted molar refractivity (Wildman–Crippen MR) is 144 cm³/mol. The van der Waals surface area contributed by atoms with Crippen LogP contribution in [0.3, 0.4) is 0 Å². The van der Waals surface area contributed by atoms with Crippen molar-refractivity contribution < 1.29 is 9.66 Å². The normalized spacial score (nSPS) is 12.1. The summed E-state index contributed by atoms with van der Waals surface area (Å²) >= 11 is 8.43. The highest BCUT2D eigenvalue weighted by molar-refractivity contribution is 9.11. The number of aryl methyl sites for hydroxylation is 2. The zero-order valence-electron chi connectivity index (χ0n) is 18.5. The summed E-state index contributed by atoms with van der Waals surface area (Å²) in [6, 6.07) is 14.1. The molecule has 0 saturated heterocycles. The van der Waals surface area contributed by atoms with Crippen molar-refractivity contribution in [1.82, 2.24) is 9.38 Å². The van der Waals surface area contributed by atoms with Crippen LogP contribution in [0.1, 0.15) is 22.3 Å². The molecule has 7 nitrogen and oxygen atoms in total. The van der Waals surface area contributed by atoms with Crippen molar-refractivity contribution in [1.29, 1.82) is 0 Å². The molecule has 35 heavy (non-hydrogen) atoms. The van der Waals surface area contributed by atoms with E-state index < -0.39 is 4.92 Å². The number of nitrogens with zero attached hydrogens (tertiary/aromatic N) is 3. The Morgan fingerprint density at radius 1 is 1.11 bits per heavy atom. The van der Waals surface area contributed by atoms with Crippen molar-refractivity contribution >= 4 is 71.0 Å². The quantitative estimate of drug-likeness (QED) is 0.177. The van der Waals surface area contributed by atoms with Crippen molar-refractivity contribution in [3.63, 3.8) is 0 Å². The molecule has 0 saturated carbocycles. The molecule has 10 heteroatoms. The third-order valence-electron chi connectivity index (χ3n) is 5.68. The number of nitro groups is 1. The summed E-state index contributed by atoms with van der Waals surface area (Å²) in [5.41, 5.74) is 5.30. The number of benzene rings is 3. The number of nitro benzene ring substituents is 1. The van der Waals surface area contributed by atoms with Crippen LogP contribution < -0.4 is 14.8 Å². The highest BCUT2D eigenvalue weighted by Gasteiger charge is 2.14. The molecular formula is C25H17Br2N3O4S. The lowest BCUT2D eigenvalue weighted by Crippen LogP contribution is -2.22. The second-order valence-electron chi connectivity index (χ2n) is 8.10. The van der Waals surface area contributed by atoms with Crippen LogP contribution in [0.15, 0.2) is 62.3 Å². The maximum absolute atomic E-state index is 13.2.